The molecule has 0 atom stereocenters. The van der Waals surface area contributed by atoms with Gasteiger partial charge in [0.1, 0.15) is 0 Å². The van der Waals surface area contributed by atoms with E-state index >= 15 is 0 Å². The lowest BCUT2D eigenvalue weighted by Gasteiger charge is -2.12. The van der Waals surface area contributed by atoms with Crippen molar-refractivity contribution in [3.8, 4) is 0 Å². The van der Waals surface area contributed by atoms with E-state index < -0.39 is 0 Å². The van der Waals surface area contributed by atoms with Gasteiger partial charge in [-0.25, -0.2) is 0 Å². The zero-order valence-corrected chi connectivity index (χ0v) is 18.0. The summed E-state index contributed by atoms with van der Waals surface area (Å²) in [6, 6.07) is 15.3. The number of halogens is 2. The average Bonchev–Trinajstić information content (AvgIpc) is 2.65. The van der Waals surface area contributed by atoms with E-state index in [1.807, 2.05) is 48.5 Å². The molecule has 0 fully saturated rings. The fourth-order valence-electron chi connectivity index (χ4n) is 2.34. The summed E-state index contributed by atoms with van der Waals surface area (Å²) in [5, 5.41) is 9.91. The van der Waals surface area contributed by atoms with Crippen molar-refractivity contribution in [3.05, 3.63) is 70.2 Å². The smallest absolute Gasteiger partial charge is 0.251 e. The van der Waals surface area contributed by atoms with Crippen molar-refractivity contribution in [1.82, 2.24) is 16.0 Å². The molecule has 0 aromatic heterocycles. The maximum atomic E-state index is 11.5. The van der Waals surface area contributed by atoms with Gasteiger partial charge in [0.15, 0.2) is 5.96 Å². The summed E-state index contributed by atoms with van der Waals surface area (Å²) in [5.41, 5.74) is 2.83. The zero-order valence-electron chi connectivity index (χ0n) is 14.9. The Bertz CT molecular complexity index is 735. The van der Waals surface area contributed by atoms with Crippen LogP contribution in [-0.4, -0.2) is 32.5 Å². The molecule has 1 amide bonds. The third-order valence-corrected chi connectivity index (χ3v) is 4.14. The van der Waals surface area contributed by atoms with E-state index in [4.69, 9.17) is 11.6 Å². The molecular weight excluding hydrogens is 463 g/mol. The molecule has 3 N–H and O–H groups in total. The third kappa shape index (κ3) is 6.84. The van der Waals surface area contributed by atoms with Crippen LogP contribution in [0.1, 0.15) is 21.5 Å². The molecule has 7 heteroatoms. The largest absolute Gasteiger partial charge is 0.356 e. The van der Waals surface area contributed by atoms with Crippen LogP contribution in [0.5, 0.6) is 0 Å². The molecule has 2 aromatic rings. The van der Waals surface area contributed by atoms with Crippen LogP contribution in [0.25, 0.3) is 0 Å². The van der Waals surface area contributed by atoms with Gasteiger partial charge in [-0.05, 0) is 35.7 Å². The Labute approximate surface area is 176 Å². The lowest BCUT2D eigenvalue weighted by atomic mass is 10.1. The standard InChI is InChI=1S/C19H23ClN4O.HI/c1-21-18(25)16-9-7-14(8-10-16)13-24-19(22-2)23-12-11-15-5-3-4-6-17(15)20;/h3-10H,11-13H2,1-2H3,(H,21,25)(H2,22,23,24);1H. The fraction of sp³-hybridized carbons (Fsp3) is 0.263. The lowest BCUT2D eigenvalue weighted by molar-refractivity contribution is 0.0963. The first-order valence-electron chi connectivity index (χ1n) is 8.13. The fourth-order valence-corrected chi connectivity index (χ4v) is 2.57. The minimum atomic E-state index is -0.0865. The highest BCUT2D eigenvalue weighted by atomic mass is 127. The van der Waals surface area contributed by atoms with E-state index in [0.29, 0.717) is 12.1 Å². The normalized spacial score (nSPS) is 10.7. The minimum Gasteiger partial charge on any atom is -0.356 e. The Morgan fingerprint density at radius 2 is 1.77 bits per heavy atom. The highest BCUT2D eigenvalue weighted by molar-refractivity contribution is 14.0. The molecule has 0 bridgehead atoms. The van der Waals surface area contributed by atoms with Crippen molar-refractivity contribution >= 4 is 47.4 Å². The molecule has 140 valence electrons. The summed E-state index contributed by atoms with van der Waals surface area (Å²) >= 11 is 6.16. The maximum Gasteiger partial charge on any atom is 0.251 e. The first-order chi connectivity index (χ1) is 12.1. The molecule has 0 radical (unpaired) electrons. The van der Waals surface area contributed by atoms with Crippen molar-refractivity contribution in [2.24, 2.45) is 4.99 Å². The topological polar surface area (TPSA) is 65.5 Å². The number of nitrogens with one attached hydrogen (secondary N) is 3. The van der Waals surface area contributed by atoms with Gasteiger partial charge in [0.2, 0.25) is 0 Å². The number of nitrogens with zero attached hydrogens (tertiary/aromatic N) is 1. The van der Waals surface area contributed by atoms with Crippen LogP contribution in [0.4, 0.5) is 0 Å². The van der Waals surface area contributed by atoms with Crippen LogP contribution in [0.2, 0.25) is 5.02 Å². The molecule has 0 saturated heterocycles. The monoisotopic (exact) mass is 486 g/mol. The van der Waals surface area contributed by atoms with E-state index in [9.17, 15) is 4.79 Å². The van der Waals surface area contributed by atoms with Gasteiger partial charge in [-0.2, -0.15) is 0 Å². The SMILES string of the molecule is CN=C(NCCc1ccccc1Cl)NCc1ccc(C(=O)NC)cc1.I. The van der Waals surface area contributed by atoms with Gasteiger partial charge in [-0.15, -0.1) is 24.0 Å². The highest BCUT2D eigenvalue weighted by Gasteiger charge is 2.04. The Morgan fingerprint density at radius 1 is 1.08 bits per heavy atom. The molecule has 0 saturated carbocycles. The van der Waals surface area contributed by atoms with Crippen LogP contribution < -0.4 is 16.0 Å². The summed E-state index contributed by atoms with van der Waals surface area (Å²) in [5.74, 6) is 0.638. The summed E-state index contributed by atoms with van der Waals surface area (Å²) in [4.78, 5) is 15.7. The van der Waals surface area contributed by atoms with Crippen LogP contribution in [0.3, 0.4) is 0 Å². The van der Waals surface area contributed by atoms with Gasteiger partial charge >= 0.3 is 0 Å². The van der Waals surface area contributed by atoms with Crippen LogP contribution in [0, 0.1) is 0 Å². The first-order valence-corrected chi connectivity index (χ1v) is 8.50. The molecule has 0 aliphatic carbocycles. The molecule has 0 aliphatic rings. The van der Waals surface area contributed by atoms with E-state index in [0.717, 1.165) is 35.1 Å². The molecule has 5 nitrogen and oxygen atoms in total. The lowest BCUT2D eigenvalue weighted by Crippen LogP contribution is -2.37. The quantitative estimate of drug-likeness (QED) is 0.334. The van der Waals surface area contributed by atoms with Crippen LogP contribution in [-0.2, 0) is 13.0 Å². The third-order valence-electron chi connectivity index (χ3n) is 3.77. The Balaban J connectivity index is 0.00000338. The Morgan fingerprint density at radius 3 is 2.38 bits per heavy atom. The summed E-state index contributed by atoms with van der Waals surface area (Å²) in [7, 11) is 3.36. The predicted molar refractivity (Wildman–Crippen MR) is 119 cm³/mol. The molecule has 0 aliphatic heterocycles. The van der Waals surface area contributed by atoms with Gasteiger partial charge < -0.3 is 16.0 Å². The number of amides is 1. The van der Waals surface area contributed by atoms with Gasteiger partial charge in [-0.1, -0.05) is 41.9 Å². The second kappa shape index (κ2) is 11.7. The number of carbonyl (C=O) groups is 1. The van der Waals surface area contributed by atoms with E-state index in [1.165, 1.54) is 0 Å². The number of aliphatic imine (C=N–C) groups is 1. The second-order valence-electron chi connectivity index (χ2n) is 5.47. The molecular formula is C19H24ClIN4O. The van der Waals surface area contributed by atoms with Crippen molar-refractivity contribution in [1.29, 1.82) is 0 Å². The Kier molecular flexibility index (Phi) is 10.0. The summed E-state index contributed by atoms with van der Waals surface area (Å²) in [6.45, 7) is 1.36. The van der Waals surface area contributed by atoms with Crippen molar-refractivity contribution < 1.29 is 4.79 Å². The zero-order chi connectivity index (χ0) is 18.1. The minimum absolute atomic E-state index is 0. The molecule has 0 spiro atoms. The number of hydrogen-bond donors (Lipinski definition) is 3. The number of carbonyl (C=O) groups excluding carboxylic acids is 1. The first kappa shape index (κ1) is 22.2. The molecule has 0 heterocycles. The summed E-state index contributed by atoms with van der Waals surface area (Å²) in [6.07, 6.45) is 0.821. The number of guanidine groups is 1. The number of benzene rings is 2. The molecule has 0 unspecified atom stereocenters. The van der Waals surface area contributed by atoms with Gasteiger partial charge in [0.05, 0.1) is 0 Å². The van der Waals surface area contributed by atoms with E-state index in [1.54, 1.807) is 14.1 Å². The van der Waals surface area contributed by atoms with Gasteiger partial charge in [0, 0.05) is 37.8 Å². The summed E-state index contributed by atoms with van der Waals surface area (Å²) < 4.78 is 0. The van der Waals surface area contributed by atoms with Crippen molar-refractivity contribution in [3.63, 3.8) is 0 Å². The second-order valence-corrected chi connectivity index (χ2v) is 5.88. The molecule has 26 heavy (non-hydrogen) atoms. The van der Waals surface area contributed by atoms with Crippen LogP contribution in [0.15, 0.2) is 53.5 Å². The van der Waals surface area contributed by atoms with Gasteiger partial charge in [0.25, 0.3) is 5.91 Å². The Hall–Kier alpha value is -1.80. The average molecular weight is 487 g/mol. The number of hydrogen-bond acceptors (Lipinski definition) is 2. The molecule has 2 rings (SSSR count). The van der Waals surface area contributed by atoms with Crippen molar-refractivity contribution in [2.45, 2.75) is 13.0 Å². The van der Waals surface area contributed by atoms with Crippen molar-refractivity contribution in [2.75, 3.05) is 20.6 Å². The predicted octanol–water partition coefficient (Wildman–Crippen LogP) is 3.23. The van der Waals surface area contributed by atoms with E-state index in [2.05, 4.69) is 20.9 Å². The number of rotatable bonds is 6. The van der Waals surface area contributed by atoms with E-state index in [-0.39, 0.29) is 29.9 Å². The van der Waals surface area contributed by atoms with Gasteiger partial charge in [-0.3, -0.25) is 9.79 Å². The van der Waals surface area contributed by atoms with Crippen LogP contribution >= 0.6 is 35.6 Å². The highest BCUT2D eigenvalue weighted by Crippen LogP contribution is 2.14. The maximum absolute atomic E-state index is 11.5. The molecule has 2 aromatic carbocycles.